The van der Waals surface area contributed by atoms with Gasteiger partial charge in [0.2, 0.25) is 0 Å². The lowest BCUT2D eigenvalue weighted by Gasteiger charge is -2.23. The van der Waals surface area contributed by atoms with Gasteiger partial charge in [0.1, 0.15) is 11.4 Å². The molecule has 1 aliphatic rings. The van der Waals surface area contributed by atoms with Crippen LogP contribution < -0.4 is 10.6 Å². The molecule has 0 saturated carbocycles. The van der Waals surface area contributed by atoms with Gasteiger partial charge in [0.25, 0.3) is 5.91 Å². The molecule has 1 aromatic carbocycles. The molecule has 5 nitrogen and oxygen atoms in total. The van der Waals surface area contributed by atoms with Crippen molar-refractivity contribution in [3.8, 4) is 0 Å². The predicted molar refractivity (Wildman–Crippen MR) is 72.8 cm³/mol. The monoisotopic (exact) mass is 256 g/mol. The third kappa shape index (κ3) is 1.97. The minimum atomic E-state index is -0.423. The van der Waals surface area contributed by atoms with Crippen molar-refractivity contribution in [2.45, 2.75) is 26.1 Å². The molecule has 1 aliphatic heterocycles. The summed E-state index contributed by atoms with van der Waals surface area (Å²) in [5.74, 6) is 0.414. The summed E-state index contributed by atoms with van der Waals surface area (Å²) in [7, 11) is 0. The second kappa shape index (κ2) is 4.42. The Labute approximate surface area is 111 Å². The van der Waals surface area contributed by atoms with Gasteiger partial charge in [-0.2, -0.15) is 5.10 Å². The number of nitrogens with zero attached hydrogens (tertiary/aromatic N) is 3. The molecule has 2 heterocycles. The highest BCUT2D eigenvalue weighted by Crippen LogP contribution is 2.30. The van der Waals surface area contributed by atoms with Crippen molar-refractivity contribution in [2.24, 2.45) is 5.73 Å². The number of amides is 1. The Morgan fingerprint density at radius 1 is 1.42 bits per heavy atom. The zero-order chi connectivity index (χ0) is 13.4. The highest BCUT2D eigenvalue weighted by atomic mass is 16.1. The maximum Gasteiger partial charge on any atom is 0.254 e. The molecule has 1 atom stereocenters. The number of hydrogen-bond acceptors (Lipinski definition) is 3. The molecule has 1 amide bonds. The molecule has 0 spiro atoms. The number of benzene rings is 1. The number of nitrogens with two attached hydrogens (primary N) is 1. The van der Waals surface area contributed by atoms with Crippen LogP contribution in [-0.4, -0.2) is 21.7 Å². The number of fused-ring (bicyclic) bond motifs is 1. The van der Waals surface area contributed by atoms with E-state index in [9.17, 15) is 4.79 Å². The lowest BCUT2D eigenvalue weighted by Crippen LogP contribution is -2.30. The first-order valence-electron chi connectivity index (χ1n) is 6.33. The summed E-state index contributed by atoms with van der Waals surface area (Å²) in [5, 5.41) is 4.23. The zero-order valence-electron chi connectivity index (χ0n) is 10.8. The van der Waals surface area contributed by atoms with Gasteiger partial charge in [-0.1, -0.05) is 30.3 Å². The van der Waals surface area contributed by atoms with Gasteiger partial charge in [0.15, 0.2) is 0 Å². The minimum absolute atomic E-state index is 0.307. The lowest BCUT2D eigenvalue weighted by atomic mass is 10.2. The van der Waals surface area contributed by atoms with E-state index in [0.717, 1.165) is 18.9 Å². The third-order valence-electron chi connectivity index (χ3n) is 3.51. The van der Waals surface area contributed by atoms with Gasteiger partial charge in [-0.3, -0.25) is 4.79 Å². The fourth-order valence-electron chi connectivity index (χ4n) is 2.56. The second-order valence-electron chi connectivity index (χ2n) is 4.89. The van der Waals surface area contributed by atoms with Gasteiger partial charge in [-0.15, -0.1) is 0 Å². The normalized spacial score (nSPS) is 17.5. The van der Waals surface area contributed by atoms with Crippen LogP contribution in [0.15, 0.2) is 36.5 Å². The quantitative estimate of drug-likeness (QED) is 0.902. The second-order valence-corrected chi connectivity index (χ2v) is 4.89. The van der Waals surface area contributed by atoms with E-state index in [-0.39, 0.29) is 0 Å². The molecule has 19 heavy (non-hydrogen) atoms. The van der Waals surface area contributed by atoms with Crippen molar-refractivity contribution < 1.29 is 4.79 Å². The Balaban J connectivity index is 1.95. The molecular formula is C14H16N4O. The van der Waals surface area contributed by atoms with Crippen LogP contribution in [0.2, 0.25) is 0 Å². The van der Waals surface area contributed by atoms with Crippen LogP contribution in [-0.2, 0) is 13.1 Å². The molecule has 0 bridgehead atoms. The summed E-state index contributed by atoms with van der Waals surface area (Å²) in [6.45, 7) is 3.67. The van der Waals surface area contributed by atoms with E-state index in [0.29, 0.717) is 11.6 Å². The van der Waals surface area contributed by atoms with Gasteiger partial charge in [-0.05, 0) is 12.5 Å². The maximum absolute atomic E-state index is 11.5. The van der Waals surface area contributed by atoms with Crippen molar-refractivity contribution in [1.82, 2.24) is 9.78 Å². The number of carbonyl (C=O) groups excluding carboxylic acids is 1. The van der Waals surface area contributed by atoms with E-state index in [1.807, 2.05) is 22.9 Å². The summed E-state index contributed by atoms with van der Waals surface area (Å²) >= 11 is 0. The van der Waals surface area contributed by atoms with Gasteiger partial charge in [-0.25, -0.2) is 4.68 Å². The summed E-state index contributed by atoms with van der Waals surface area (Å²) in [5.41, 5.74) is 7.12. The molecule has 1 aromatic heterocycles. The number of rotatable bonds is 3. The van der Waals surface area contributed by atoms with Gasteiger partial charge in [0.05, 0.1) is 12.7 Å². The average molecular weight is 256 g/mol. The SMILES string of the molecule is CC1Cn2ncc(C(N)=O)c2N1Cc1ccccc1. The van der Waals surface area contributed by atoms with Crippen molar-refractivity contribution in [3.05, 3.63) is 47.7 Å². The van der Waals surface area contributed by atoms with E-state index >= 15 is 0 Å². The Hall–Kier alpha value is -2.30. The highest BCUT2D eigenvalue weighted by Gasteiger charge is 2.31. The van der Waals surface area contributed by atoms with E-state index in [1.54, 1.807) is 6.20 Å². The smallest absolute Gasteiger partial charge is 0.254 e. The zero-order valence-corrected chi connectivity index (χ0v) is 10.8. The van der Waals surface area contributed by atoms with Crippen molar-refractivity contribution in [2.75, 3.05) is 4.90 Å². The number of aromatic nitrogens is 2. The Kier molecular flexibility index (Phi) is 2.74. The first-order valence-corrected chi connectivity index (χ1v) is 6.33. The van der Waals surface area contributed by atoms with Crippen LogP contribution in [0.3, 0.4) is 0 Å². The molecule has 0 saturated heterocycles. The standard InChI is InChI=1S/C14H16N4O/c1-10-8-18-14(12(7-16-18)13(15)19)17(10)9-11-5-3-2-4-6-11/h2-7,10H,8-9H2,1H3,(H2,15,19). The van der Waals surface area contributed by atoms with Crippen molar-refractivity contribution in [3.63, 3.8) is 0 Å². The first kappa shape index (κ1) is 11.8. The molecule has 5 heteroatoms. The lowest BCUT2D eigenvalue weighted by molar-refractivity contribution is 0.100. The Morgan fingerprint density at radius 3 is 2.84 bits per heavy atom. The van der Waals surface area contributed by atoms with Crippen molar-refractivity contribution in [1.29, 1.82) is 0 Å². The van der Waals surface area contributed by atoms with Gasteiger partial charge in [0, 0.05) is 12.6 Å². The molecule has 0 aliphatic carbocycles. The van der Waals surface area contributed by atoms with E-state index in [4.69, 9.17) is 5.73 Å². The van der Waals surface area contributed by atoms with Crippen LogP contribution in [0.5, 0.6) is 0 Å². The van der Waals surface area contributed by atoms with Crippen LogP contribution >= 0.6 is 0 Å². The molecule has 2 aromatic rings. The summed E-state index contributed by atoms with van der Waals surface area (Å²) in [6, 6.07) is 10.5. The molecular weight excluding hydrogens is 240 g/mol. The van der Waals surface area contributed by atoms with E-state index in [2.05, 4.69) is 29.1 Å². The van der Waals surface area contributed by atoms with Crippen LogP contribution in [0, 0.1) is 0 Å². The maximum atomic E-state index is 11.5. The molecule has 2 N–H and O–H groups in total. The molecule has 0 fully saturated rings. The third-order valence-corrected chi connectivity index (χ3v) is 3.51. The van der Waals surface area contributed by atoms with Gasteiger partial charge >= 0.3 is 0 Å². The fourth-order valence-corrected chi connectivity index (χ4v) is 2.56. The molecule has 98 valence electrons. The van der Waals surface area contributed by atoms with Crippen molar-refractivity contribution >= 4 is 11.7 Å². The minimum Gasteiger partial charge on any atom is -0.365 e. The molecule has 3 rings (SSSR count). The van der Waals surface area contributed by atoms with Gasteiger partial charge < -0.3 is 10.6 Å². The fraction of sp³-hybridized carbons (Fsp3) is 0.286. The predicted octanol–water partition coefficient (Wildman–Crippen LogP) is 1.39. The highest BCUT2D eigenvalue weighted by molar-refractivity contribution is 5.98. The summed E-state index contributed by atoms with van der Waals surface area (Å²) < 4.78 is 1.85. The topological polar surface area (TPSA) is 64.2 Å². The Morgan fingerprint density at radius 2 is 2.16 bits per heavy atom. The first-order chi connectivity index (χ1) is 9.16. The van der Waals surface area contributed by atoms with Crippen LogP contribution in [0.1, 0.15) is 22.8 Å². The summed E-state index contributed by atoms with van der Waals surface area (Å²) in [6.07, 6.45) is 1.56. The molecule has 1 unspecified atom stereocenters. The number of anilines is 1. The van der Waals surface area contributed by atoms with Crippen LogP contribution in [0.4, 0.5) is 5.82 Å². The number of primary amides is 1. The average Bonchev–Trinajstić information content (AvgIpc) is 2.92. The van der Waals surface area contributed by atoms with Crippen LogP contribution in [0.25, 0.3) is 0 Å². The van der Waals surface area contributed by atoms with E-state index in [1.165, 1.54) is 5.56 Å². The largest absolute Gasteiger partial charge is 0.365 e. The summed E-state index contributed by atoms with van der Waals surface area (Å²) in [4.78, 5) is 13.7. The number of carbonyl (C=O) groups is 1. The molecule has 0 radical (unpaired) electrons. The Bertz CT molecular complexity index is 605. The van der Waals surface area contributed by atoms with E-state index < -0.39 is 5.91 Å². The number of hydrogen-bond donors (Lipinski definition) is 1.